The first-order valence-corrected chi connectivity index (χ1v) is 7.23. The molecular weight excluding hydrogens is 327 g/mol. The summed E-state index contributed by atoms with van der Waals surface area (Å²) in [6, 6.07) is 11.8. The van der Waals surface area contributed by atoms with Crippen molar-refractivity contribution in [2.24, 2.45) is 4.99 Å². The number of carbonyl (C=O) groups excluding carboxylic acids is 1. The Bertz CT molecular complexity index is 930. The van der Waals surface area contributed by atoms with Crippen molar-refractivity contribution < 1.29 is 18.8 Å². The van der Waals surface area contributed by atoms with Crippen molar-refractivity contribution in [2.45, 2.75) is 0 Å². The molecule has 0 saturated heterocycles. The minimum absolute atomic E-state index is 0.00555. The molecule has 0 unspecified atom stereocenters. The van der Waals surface area contributed by atoms with Gasteiger partial charge in [-0.15, -0.1) is 0 Å². The fourth-order valence-corrected chi connectivity index (χ4v) is 2.13. The van der Waals surface area contributed by atoms with E-state index >= 15 is 0 Å². The molecule has 0 fully saturated rings. The molecule has 0 aliphatic carbocycles. The lowest BCUT2D eigenvalue weighted by molar-refractivity contribution is -0.384. The molecule has 1 aliphatic heterocycles. The highest BCUT2D eigenvalue weighted by Gasteiger charge is 2.25. The van der Waals surface area contributed by atoms with Crippen LogP contribution >= 0.6 is 0 Å². The van der Waals surface area contributed by atoms with Gasteiger partial charge in [0.25, 0.3) is 5.69 Å². The van der Waals surface area contributed by atoms with Gasteiger partial charge < -0.3 is 4.74 Å². The Hall–Kier alpha value is -3.61. The number of nitro benzene ring substituents is 1. The van der Waals surface area contributed by atoms with E-state index in [0.29, 0.717) is 5.56 Å². The summed E-state index contributed by atoms with van der Waals surface area (Å²) in [7, 11) is 0. The molecule has 7 heteroatoms. The summed E-state index contributed by atoms with van der Waals surface area (Å²) < 4.78 is 18.7. The van der Waals surface area contributed by atoms with E-state index < -0.39 is 16.7 Å². The second-order valence-corrected chi connectivity index (χ2v) is 5.05. The molecule has 3 rings (SSSR count). The van der Waals surface area contributed by atoms with Crippen LogP contribution in [0.3, 0.4) is 0 Å². The molecule has 2 aromatic carbocycles. The molecule has 0 radical (unpaired) electrons. The minimum Gasteiger partial charge on any atom is -0.402 e. The lowest BCUT2D eigenvalue weighted by Gasteiger charge is -1.99. The average molecular weight is 338 g/mol. The fraction of sp³-hybridized carbons (Fsp3) is 0. The van der Waals surface area contributed by atoms with Crippen molar-refractivity contribution in [3.63, 3.8) is 0 Å². The predicted molar refractivity (Wildman–Crippen MR) is 89.2 cm³/mol. The van der Waals surface area contributed by atoms with Gasteiger partial charge in [0.15, 0.2) is 5.70 Å². The van der Waals surface area contributed by atoms with Crippen molar-refractivity contribution in [3.8, 4) is 0 Å². The van der Waals surface area contributed by atoms with E-state index in [1.165, 1.54) is 36.4 Å². The van der Waals surface area contributed by atoms with Crippen LogP contribution in [0.15, 0.2) is 71.4 Å². The third-order valence-corrected chi connectivity index (χ3v) is 3.37. The quantitative estimate of drug-likeness (QED) is 0.369. The topological polar surface area (TPSA) is 81.8 Å². The smallest absolute Gasteiger partial charge is 0.363 e. The molecule has 0 spiro atoms. The SMILES string of the molecule is O=C1OC(c2ccccc2F)=NC1=CC=Cc1ccc([N+](=O)[O-])cc1. The molecule has 0 amide bonds. The zero-order valence-electron chi connectivity index (χ0n) is 12.8. The number of hydrogen-bond acceptors (Lipinski definition) is 5. The summed E-state index contributed by atoms with van der Waals surface area (Å²) in [5.41, 5.74) is 0.858. The molecule has 0 N–H and O–H groups in total. The van der Waals surface area contributed by atoms with Crippen LogP contribution in [-0.2, 0) is 9.53 Å². The molecule has 1 aliphatic rings. The normalized spacial score (nSPS) is 15.5. The Morgan fingerprint density at radius 3 is 2.52 bits per heavy atom. The summed E-state index contributed by atoms with van der Waals surface area (Å²) >= 11 is 0. The van der Waals surface area contributed by atoms with Crippen LogP contribution in [0.25, 0.3) is 6.08 Å². The van der Waals surface area contributed by atoms with Gasteiger partial charge in [-0.05, 0) is 35.9 Å². The van der Waals surface area contributed by atoms with Crippen molar-refractivity contribution in [1.29, 1.82) is 0 Å². The molecule has 6 nitrogen and oxygen atoms in total. The van der Waals surface area contributed by atoms with Gasteiger partial charge in [-0.2, -0.15) is 0 Å². The van der Waals surface area contributed by atoms with E-state index in [2.05, 4.69) is 4.99 Å². The molecule has 0 bridgehead atoms. The largest absolute Gasteiger partial charge is 0.402 e. The van der Waals surface area contributed by atoms with Crippen molar-refractivity contribution >= 4 is 23.6 Å². The Morgan fingerprint density at radius 2 is 1.84 bits per heavy atom. The first-order chi connectivity index (χ1) is 12.0. The number of halogens is 1. The number of cyclic esters (lactones) is 1. The van der Waals surface area contributed by atoms with E-state index in [9.17, 15) is 19.3 Å². The average Bonchev–Trinajstić information content (AvgIpc) is 2.96. The third kappa shape index (κ3) is 3.66. The van der Waals surface area contributed by atoms with Gasteiger partial charge in [0.1, 0.15) is 5.82 Å². The van der Waals surface area contributed by atoms with Gasteiger partial charge >= 0.3 is 5.97 Å². The highest BCUT2D eigenvalue weighted by Crippen LogP contribution is 2.19. The third-order valence-electron chi connectivity index (χ3n) is 3.37. The Balaban J connectivity index is 1.78. The number of rotatable bonds is 4. The van der Waals surface area contributed by atoms with Crippen molar-refractivity contribution in [1.82, 2.24) is 0 Å². The van der Waals surface area contributed by atoms with Crippen molar-refractivity contribution in [2.75, 3.05) is 0 Å². The number of allylic oxidation sites excluding steroid dienone is 2. The van der Waals surface area contributed by atoms with Crippen molar-refractivity contribution in [3.05, 3.63) is 93.4 Å². The number of ether oxygens (including phenoxy) is 1. The monoisotopic (exact) mass is 338 g/mol. The highest BCUT2D eigenvalue weighted by atomic mass is 19.1. The molecule has 0 saturated carbocycles. The van der Waals surface area contributed by atoms with Crippen LogP contribution in [0.4, 0.5) is 10.1 Å². The van der Waals surface area contributed by atoms with E-state index in [0.717, 1.165) is 0 Å². The van der Waals surface area contributed by atoms with Crippen LogP contribution in [0.5, 0.6) is 0 Å². The van der Waals surface area contributed by atoms with E-state index in [1.807, 2.05) is 0 Å². The predicted octanol–water partition coefficient (Wildman–Crippen LogP) is 3.63. The number of hydrogen-bond donors (Lipinski definition) is 0. The molecule has 0 atom stereocenters. The zero-order chi connectivity index (χ0) is 17.8. The number of carbonyl (C=O) groups is 1. The number of non-ortho nitro benzene ring substituents is 1. The molecule has 124 valence electrons. The Morgan fingerprint density at radius 1 is 1.12 bits per heavy atom. The summed E-state index contributed by atoms with van der Waals surface area (Å²) in [4.78, 5) is 25.9. The van der Waals surface area contributed by atoms with Gasteiger partial charge in [0.05, 0.1) is 10.5 Å². The first-order valence-electron chi connectivity index (χ1n) is 7.23. The maximum absolute atomic E-state index is 13.7. The summed E-state index contributed by atoms with van der Waals surface area (Å²) in [5, 5.41) is 10.6. The maximum Gasteiger partial charge on any atom is 0.363 e. The summed E-state index contributed by atoms with van der Waals surface area (Å²) in [6.07, 6.45) is 4.64. The maximum atomic E-state index is 13.7. The molecule has 1 heterocycles. The lowest BCUT2D eigenvalue weighted by Crippen LogP contribution is -2.07. The van der Waals surface area contributed by atoms with Crippen LogP contribution in [0, 0.1) is 15.9 Å². The minimum atomic E-state index is -0.674. The number of esters is 1. The number of nitrogens with zero attached hydrogens (tertiary/aromatic N) is 2. The van der Waals surface area contributed by atoms with E-state index in [1.54, 1.807) is 30.4 Å². The second kappa shape index (κ2) is 6.88. The fourth-order valence-electron chi connectivity index (χ4n) is 2.13. The molecular formula is C18H11FN2O4. The lowest BCUT2D eigenvalue weighted by atomic mass is 10.2. The zero-order valence-corrected chi connectivity index (χ0v) is 12.8. The van der Waals surface area contributed by atoms with Gasteiger partial charge in [-0.1, -0.05) is 24.3 Å². The highest BCUT2D eigenvalue weighted by molar-refractivity contribution is 6.11. The Kier molecular flexibility index (Phi) is 4.47. The molecule has 2 aromatic rings. The summed E-state index contributed by atoms with van der Waals surface area (Å²) in [6.45, 7) is 0. The summed E-state index contributed by atoms with van der Waals surface area (Å²) in [5.74, 6) is -1.29. The van der Waals surface area contributed by atoms with Gasteiger partial charge in [0, 0.05) is 12.1 Å². The molecule has 0 aromatic heterocycles. The van der Waals surface area contributed by atoms with Crippen LogP contribution in [-0.4, -0.2) is 16.8 Å². The number of nitro groups is 1. The number of benzene rings is 2. The van der Waals surface area contributed by atoms with E-state index in [4.69, 9.17) is 4.74 Å². The van der Waals surface area contributed by atoms with Crippen LogP contribution in [0.2, 0.25) is 0 Å². The standard InChI is InChI=1S/C18H11FN2O4/c19-15-6-2-1-5-14(15)17-20-16(18(22)25-17)7-3-4-12-8-10-13(11-9-12)21(23)24/h1-11H. The second-order valence-electron chi connectivity index (χ2n) is 5.05. The van der Waals surface area contributed by atoms with Gasteiger partial charge in [0.2, 0.25) is 5.90 Å². The molecule has 25 heavy (non-hydrogen) atoms. The van der Waals surface area contributed by atoms with Gasteiger partial charge in [-0.25, -0.2) is 14.2 Å². The first kappa shape index (κ1) is 16.3. The van der Waals surface area contributed by atoms with E-state index in [-0.39, 0.29) is 22.8 Å². The number of aliphatic imine (C=N–C) groups is 1. The van der Waals surface area contributed by atoms with Gasteiger partial charge in [-0.3, -0.25) is 10.1 Å². The van der Waals surface area contributed by atoms with Crippen LogP contribution in [0.1, 0.15) is 11.1 Å². The Labute approximate surface area is 141 Å². The van der Waals surface area contributed by atoms with Crippen LogP contribution < -0.4 is 0 Å².